The molecular formula is C10H11ClFNO. The lowest BCUT2D eigenvalue weighted by Gasteiger charge is -2.12. The first-order chi connectivity index (χ1) is 6.75. The van der Waals surface area contributed by atoms with E-state index in [1.54, 1.807) is 12.1 Å². The smallest absolute Gasteiger partial charge is 0.147 e. The minimum Gasteiger partial charge on any atom is -0.379 e. The molecule has 0 aromatic heterocycles. The minimum absolute atomic E-state index is 0.214. The summed E-state index contributed by atoms with van der Waals surface area (Å²) in [5.74, 6) is -0.315. The van der Waals surface area contributed by atoms with Crippen LogP contribution in [-0.4, -0.2) is 19.3 Å². The minimum atomic E-state index is -0.315. The van der Waals surface area contributed by atoms with Gasteiger partial charge < -0.3 is 10.1 Å². The molecule has 0 radical (unpaired) electrons. The second kappa shape index (κ2) is 4.15. The van der Waals surface area contributed by atoms with E-state index in [-0.39, 0.29) is 11.9 Å². The fourth-order valence-electron chi connectivity index (χ4n) is 1.47. The number of ether oxygens (including phenoxy) is 1. The molecular weight excluding hydrogens is 205 g/mol. The largest absolute Gasteiger partial charge is 0.379 e. The summed E-state index contributed by atoms with van der Waals surface area (Å²) >= 11 is 5.64. The highest BCUT2D eigenvalue weighted by atomic mass is 35.5. The van der Waals surface area contributed by atoms with Gasteiger partial charge in [-0.1, -0.05) is 11.6 Å². The number of hydrogen-bond acceptors (Lipinski definition) is 2. The van der Waals surface area contributed by atoms with Crippen LogP contribution in [0.3, 0.4) is 0 Å². The van der Waals surface area contributed by atoms with Crippen LogP contribution in [0.15, 0.2) is 18.2 Å². The molecule has 1 aliphatic rings. The molecule has 1 atom stereocenters. The second-order valence-corrected chi connectivity index (χ2v) is 3.77. The topological polar surface area (TPSA) is 21.3 Å². The number of halogens is 2. The van der Waals surface area contributed by atoms with E-state index in [9.17, 15) is 4.39 Å². The van der Waals surface area contributed by atoms with Gasteiger partial charge in [0, 0.05) is 11.6 Å². The summed E-state index contributed by atoms with van der Waals surface area (Å²) in [4.78, 5) is 0. The predicted molar refractivity (Wildman–Crippen MR) is 54.3 cm³/mol. The Kier molecular flexibility index (Phi) is 2.89. The highest BCUT2D eigenvalue weighted by Crippen LogP contribution is 2.21. The Balaban J connectivity index is 2.08. The van der Waals surface area contributed by atoms with Crippen molar-refractivity contribution in [1.82, 2.24) is 0 Å². The number of nitrogens with one attached hydrogen (secondary N) is 1. The van der Waals surface area contributed by atoms with Crippen LogP contribution in [0, 0.1) is 5.82 Å². The van der Waals surface area contributed by atoms with Gasteiger partial charge >= 0.3 is 0 Å². The van der Waals surface area contributed by atoms with E-state index in [4.69, 9.17) is 16.3 Å². The van der Waals surface area contributed by atoms with Crippen LogP contribution in [0.4, 0.5) is 10.1 Å². The summed E-state index contributed by atoms with van der Waals surface area (Å²) in [7, 11) is 0. The van der Waals surface area contributed by atoms with Crippen LogP contribution < -0.4 is 5.32 Å². The van der Waals surface area contributed by atoms with Crippen LogP contribution in [0.5, 0.6) is 0 Å². The van der Waals surface area contributed by atoms with Crippen LogP contribution in [-0.2, 0) is 4.74 Å². The molecule has 2 rings (SSSR count). The molecule has 1 saturated heterocycles. The second-order valence-electron chi connectivity index (χ2n) is 3.33. The molecule has 1 N–H and O–H groups in total. The number of anilines is 1. The molecule has 1 unspecified atom stereocenters. The Morgan fingerprint density at radius 2 is 2.36 bits per heavy atom. The Bertz CT molecular complexity index is 326. The van der Waals surface area contributed by atoms with Gasteiger partial charge in [-0.3, -0.25) is 0 Å². The van der Waals surface area contributed by atoms with Gasteiger partial charge in [-0.15, -0.1) is 0 Å². The molecule has 1 aromatic rings. The van der Waals surface area contributed by atoms with Gasteiger partial charge in [-0.05, 0) is 24.6 Å². The average molecular weight is 216 g/mol. The summed E-state index contributed by atoms with van der Waals surface area (Å²) in [5.41, 5.74) is 0.491. The average Bonchev–Trinajstić information content (AvgIpc) is 2.62. The van der Waals surface area contributed by atoms with Crippen molar-refractivity contribution in [1.29, 1.82) is 0 Å². The van der Waals surface area contributed by atoms with E-state index < -0.39 is 0 Å². The van der Waals surface area contributed by atoms with Gasteiger partial charge in [0.2, 0.25) is 0 Å². The van der Waals surface area contributed by atoms with Gasteiger partial charge in [0.15, 0.2) is 0 Å². The Hall–Kier alpha value is -0.800. The molecule has 0 saturated carbocycles. The first-order valence-corrected chi connectivity index (χ1v) is 4.93. The molecule has 0 amide bonds. The van der Waals surface area contributed by atoms with Crippen molar-refractivity contribution in [3.05, 3.63) is 29.0 Å². The Morgan fingerprint density at radius 3 is 3.00 bits per heavy atom. The van der Waals surface area contributed by atoms with E-state index >= 15 is 0 Å². The van der Waals surface area contributed by atoms with Crippen LogP contribution in [0.2, 0.25) is 5.02 Å². The Morgan fingerprint density at radius 1 is 1.50 bits per heavy atom. The van der Waals surface area contributed by atoms with E-state index in [0.717, 1.165) is 13.0 Å². The molecule has 1 aliphatic heterocycles. The van der Waals surface area contributed by atoms with Gasteiger partial charge in [0.05, 0.1) is 18.3 Å². The van der Waals surface area contributed by atoms with Crippen molar-refractivity contribution in [2.75, 3.05) is 18.5 Å². The van der Waals surface area contributed by atoms with Crippen LogP contribution in [0.1, 0.15) is 6.42 Å². The highest BCUT2D eigenvalue weighted by Gasteiger charge is 2.16. The highest BCUT2D eigenvalue weighted by molar-refractivity contribution is 6.30. The molecule has 2 nitrogen and oxygen atoms in total. The van der Waals surface area contributed by atoms with Crippen molar-refractivity contribution in [2.24, 2.45) is 0 Å². The fraction of sp³-hybridized carbons (Fsp3) is 0.400. The monoisotopic (exact) mass is 215 g/mol. The van der Waals surface area contributed by atoms with Crippen molar-refractivity contribution in [3.8, 4) is 0 Å². The summed E-state index contributed by atoms with van der Waals surface area (Å²) in [5, 5.41) is 3.49. The zero-order valence-corrected chi connectivity index (χ0v) is 8.35. The lowest BCUT2D eigenvalue weighted by Crippen LogP contribution is -2.19. The van der Waals surface area contributed by atoms with Gasteiger partial charge in [0.1, 0.15) is 5.82 Å². The van der Waals surface area contributed by atoms with Gasteiger partial charge in [0.25, 0.3) is 0 Å². The maximum Gasteiger partial charge on any atom is 0.147 e. The predicted octanol–water partition coefficient (Wildman–Crippen LogP) is 2.68. The van der Waals surface area contributed by atoms with Crippen LogP contribution in [0.25, 0.3) is 0 Å². The summed E-state index contributed by atoms with van der Waals surface area (Å²) in [6.45, 7) is 1.38. The summed E-state index contributed by atoms with van der Waals surface area (Å²) in [6, 6.07) is 4.84. The zero-order valence-electron chi connectivity index (χ0n) is 7.59. The molecule has 0 bridgehead atoms. The van der Waals surface area contributed by atoms with E-state index in [2.05, 4.69) is 5.32 Å². The van der Waals surface area contributed by atoms with Crippen molar-refractivity contribution < 1.29 is 9.13 Å². The standard InChI is InChI=1S/C10H11ClFNO/c11-7-1-2-10(9(12)5-7)13-8-3-4-14-6-8/h1-2,5,8,13H,3-4,6H2. The number of hydrogen-bond donors (Lipinski definition) is 1. The molecule has 1 fully saturated rings. The summed E-state index contributed by atoms with van der Waals surface area (Å²) in [6.07, 6.45) is 0.919. The Labute approximate surface area is 87.0 Å². The van der Waals surface area contributed by atoms with E-state index in [0.29, 0.717) is 17.3 Å². The molecule has 4 heteroatoms. The lowest BCUT2D eigenvalue weighted by molar-refractivity contribution is 0.195. The first-order valence-electron chi connectivity index (χ1n) is 4.55. The van der Waals surface area contributed by atoms with Gasteiger partial charge in [-0.25, -0.2) is 4.39 Å². The summed E-state index contributed by atoms with van der Waals surface area (Å²) < 4.78 is 18.5. The van der Waals surface area contributed by atoms with Gasteiger partial charge in [-0.2, -0.15) is 0 Å². The lowest BCUT2D eigenvalue weighted by atomic mass is 10.2. The van der Waals surface area contributed by atoms with E-state index in [1.165, 1.54) is 6.07 Å². The molecule has 76 valence electrons. The molecule has 0 aliphatic carbocycles. The number of rotatable bonds is 2. The third kappa shape index (κ3) is 2.16. The molecule has 1 aromatic carbocycles. The zero-order chi connectivity index (χ0) is 9.97. The molecule has 1 heterocycles. The van der Waals surface area contributed by atoms with E-state index in [1.807, 2.05) is 0 Å². The first kappa shape index (κ1) is 9.74. The number of benzene rings is 1. The third-order valence-corrected chi connectivity index (χ3v) is 2.46. The normalized spacial score (nSPS) is 21.1. The maximum absolute atomic E-state index is 13.3. The quantitative estimate of drug-likeness (QED) is 0.819. The maximum atomic E-state index is 13.3. The van der Waals surface area contributed by atoms with Crippen molar-refractivity contribution in [2.45, 2.75) is 12.5 Å². The van der Waals surface area contributed by atoms with Crippen molar-refractivity contribution in [3.63, 3.8) is 0 Å². The van der Waals surface area contributed by atoms with Crippen molar-refractivity contribution >= 4 is 17.3 Å². The molecule has 14 heavy (non-hydrogen) atoms. The van der Waals surface area contributed by atoms with Crippen LogP contribution >= 0.6 is 11.6 Å². The fourth-order valence-corrected chi connectivity index (χ4v) is 1.63. The SMILES string of the molecule is Fc1cc(Cl)ccc1NC1CCOC1. The molecule has 0 spiro atoms. The third-order valence-electron chi connectivity index (χ3n) is 2.22.